The molecule has 0 bridgehead atoms. The van der Waals surface area contributed by atoms with E-state index >= 15 is 0 Å². The smallest absolute Gasteiger partial charge is 0.303 e. The van der Waals surface area contributed by atoms with Crippen LogP contribution in [-0.2, 0) is 14.3 Å². The van der Waals surface area contributed by atoms with Crippen molar-refractivity contribution in [2.45, 2.75) is 91.1 Å². The van der Waals surface area contributed by atoms with E-state index in [1.165, 1.54) is 32.1 Å². The first-order chi connectivity index (χ1) is 11.7. The number of carbonyl (C=O) groups excluding carboxylic acids is 2. The monoisotopic (exact) mass is 346 g/mol. The lowest BCUT2D eigenvalue weighted by atomic mass is 9.44. The van der Waals surface area contributed by atoms with E-state index in [9.17, 15) is 9.59 Å². The fraction of sp³-hybridized carbons (Fsp3) is 0.909. The lowest BCUT2D eigenvalue weighted by molar-refractivity contribution is -0.183. The molecule has 3 heteroatoms. The summed E-state index contributed by atoms with van der Waals surface area (Å²) in [4.78, 5) is 23.7. The van der Waals surface area contributed by atoms with Gasteiger partial charge in [0.1, 0.15) is 11.4 Å². The minimum Gasteiger partial charge on any atom is -0.459 e. The van der Waals surface area contributed by atoms with E-state index < -0.39 is 0 Å². The highest BCUT2D eigenvalue weighted by atomic mass is 16.6. The second-order valence-corrected chi connectivity index (χ2v) is 10.2. The molecule has 0 heterocycles. The zero-order valence-electron chi connectivity index (χ0n) is 16.4. The highest BCUT2D eigenvalue weighted by Gasteiger charge is 2.64. The lowest BCUT2D eigenvalue weighted by Crippen LogP contribution is -2.56. The first-order valence-corrected chi connectivity index (χ1v) is 10.4. The Kier molecular flexibility index (Phi) is 3.91. The molecule has 4 aliphatic carbocycles. The van der Waals surface area contributed by atoms with E-state index in [0.29, 0.717) is 23.0 Å². The summed E-state index contributed by atoms with van der Waals surface area (Å²) < 4.78 is 5.91. The van der Waals surface area contributed by atoms with Crippen LogP contribution in [0.1, 0.15) is 85.5 Å². The van der Waals surface area contributed by atoms with Crippen LogP contribution in [0.25, 0.3) is 0 Å². The predicted molar refractivity (Wildman–Crippen MR) is 96.9 cm³/mol. The van der Waals surface area contributed by atoms with Crippen molar-refractivity contribution in [1.29, 1.82) is 0 Å². The fourth-order valence-corrected chi connectivity index (χ4v) is 7.76. The average Bonchev–Trinajstić information content (AvgIpc) is 2.79. The Morgan fingerprint density at radius 2 is 1.72 bits per heavy atom. The molecule has 4 fully saturated rings. The fourth-order valence-electron chi connectivity index (χ4n) is 7.76. The van der Waals surface area contributed by atoms with Gasteiger partial charge >= 0.3 is 5.97 Å². The molecule has 0 radical (unpaired) electrons. The van der Waals surface area contributed by atoms with Crippen LogP contribution in [-0.4, -0.2) is 17.4 Å². The number of hydrogen-bond acceptors (Lipinski definition) is 3. The second-order valence-electron chi connectivity index (χ2n) is 10.2. The Morgan fingerprint density at radius 3 is 2.44 bits per heavy atom. The van der Waals surface area contributed by atoms with Gasteiger partial charge in [-0.15, -0.1) is 0 Å². The van der Waals surface area contributed by atoms with Gasteiger partial charge in [-0.2, -0.15) is 0 Å². The Balaban J connectivity index is 1.62. The van der Waals surface area contributed by atoms with Crippen LogP contribution in [0, 0.1) is 34.5 Å². The second kappa shape index (κ2) is 5.57. The zero-order chi connectivity index (χ0) is 18.0. The molecule has 0 spiro atoms. The highest BCUT2D eigenvalue weighted by molar-refractivity contribution is 5.79. The van der Waals surface area contributed by atoms with Crippen molar-refractivity contribution in [2.75, 3.05) is 0 Å². The van der Waals surface area contributed by atoms with Gasteiger partial charge in [0.25, 0.3) is 0 Å². The highest BCUT2D eigenvalue weighted by Crippen LogP contribution is 2.68. The van der Waals surface area contributed by atoms with E-state index in [2.05, 4.69) is 20.8 Å². The summed E-state index contributed by atoms with van der Waals surface area (Å²) in [7, 11) is 0. The van der Waals surface area contributed by atoms with E-state index in [4.69, 9.17) is 4.74 Å². The number of ether oxygens (including phenoxy) is 1. The number of Topliss-reactive ketones (excluding diaryl/α,β-unsaturated/α-hetero) is 1. The van der Waals surface area contributed by atoms with E-state index in [-0.39, 0.29) is 17.0 Å². The van der Waals surface area contributed by atoms with Crippen LogP contribution in [0.4, 0.5) is 0 Å². The van der Waals surface area contributed by atoms with Crippen molar-refractivity contribution in [1.82, 2.24) is 0 Å². The number of rotatable bonds is 1. The third kappa shape index (κ3) is 2.36. The summed E-state index contributed by atoms with van der Waals surface area (Å²) in [5.74, 6) is 3.16. The third-order valence-electron chi connectivity index (χ3n) is 9.38. The Labute approximate surface area is 152 Å². The molecule has 0 aliphatic heterocycles. The molecule has 4 rings (SSSR count). The van der Waals surface area contributed by atoms with Gasteiger partial charge in [-0.3, -0.25) is 9.59 Å². The Morgan fingerprint density at radius 1 is 1.00 bits per heavy atom. The van der Waals surface area contributed by atoms with Gasteiger partial charge < -0.3 is 4.74 Å². The predicted octanol–water partition coefficient (Wildman–Crippen LogP) is 4.92. The van der Waals surface area contributed by atoms with Gasteiger partial charge in [0.05, 0.1) is 0 Å². The number of ketones is 1. The van der Waals surface area contributed by atoms with Gasteiger partial charge in [0.15, 0.2) is 0 Å². The minimum absolute atomic E-state index is 0.119. The topological polar surface area (TPSA) is 43.4 Å². The van der Waals surface area contributed by atoms with Crippen molar-refractivity contribution >= 4 is 11.8 Å². The molecule has 0 amide bonds. The molecule has 4 aliphatic rings. The summed E-state index contributed by atoms with van der Waals surface area (Å²) in [5.41, 5.74) is 0.181. The van der Waals surface area contributed by atoms with Gasteiger partial charge in [-0.05, 0) is 81.0 Å². The van der Waals surface area contributed by atoms with E-state index in [1.54, 1.807) is 6.92 Å². The summed E-state index contributed by atoms with van der Waals surface area (Å²) in [6, 6.07) is 0. The first kappa shape index (κ1) is 17.5. The molecule has 0 aromatic heterocycles. The number of carbonyl (C=O) groups is 2. The summed E-state index contributed by atoms with van der Waals surface area (Å²) in [6.45, 7) is 8.62. The first-order valence-electron chi connectivity index (χ1n) is 10.4. The van der Waals surface area contributed by atoms with Crippen LogP contribution >= 0.6 is 0 Å². The molecular weight excluding hydrogens is 312 g/mol. The van der Waals surface area contributed by atoms with Crippen molar-refractivity contribution in [3.8, 4) is 0 Å². The average molecular weight is 347 g/mol. The Bertz CT molecular complexity index is 598. The van der Waals surface area contributed by atoms with Gasteiger partial charge in [-0.1, -0.05) is 13.8 Å². The van der Waals surface area contributed by atoms with Crippen LogP contribution in [0.5, 0.6) is 0 Å². The summed E-state index contributed by atoms with van der Waals surface area (Å²) >= 11 is 0. The normalized spacial score (nSPS) is 52.1. The van der Waals surface area contributed by atoms with Crippen LogP contribution in [0.3, 0.4) is 0 Å². The van der Waals surface area contributed by atoms with Crippen molar-refractivity contribution in [3.05, 3.63) is 0 Å². The number of fused-ring (bicyclic) bond motifs is 5. The minimum atomic E-state index is -0.297. The number of hydrogen-bond donors (Lipinski definition) is 0. The molecule has 0 aromatic carbocycles. The van der Waals surface area contributed by atoms with Crippen molar-refractivity contribution in [3.63, 3.8) is 0 Å². The molecule has 7 atom stereocenters. The standard InChI is InChI=1S/C22H34O3/c1-14(23)25-22(4)12-9-19-17-6-5-15-13-16(24)7-10-20(15,2)18(17)8-11-21(19,22)3/h15,17-19H,5-13H2,1-4H3/t15-,17-,18+,19+,20-,21+,22-/m0/s1. The Hall–Kier alpha value is -0.860. The molecule has 0 aromatic rings. The quantitative estimate of drug-likeness (QED) is 0.633. The molecular formula is C22H34O3. The summed E-state index contributed by atoms with van der Waals surface area (Å²) in [5, 5.41) is 0. The number of esters is 1. The van der Waals surface area contributed by atoms with Crippen LogP contribution < -0.4 is 0 Å². The molecule has 25 heavy (non-hydrogen) atoms. The van der Waals surface area contributed by atoms with Crippen LogP contribution in [0.15, 0.2) is 0 Å². The van der Waals surface area contributed by atoms with E-state index in [1.807, 2.05) is 0 Å². The molecule has 0 saturated heterocycles. The SMILES string of the molecule is CC(=O)O[C@@]1(C)CC[C@@H]2[C@H]3CC[C@H]4CC(=O)CC[C@]4(C)[C@@H]3CC[C@]21C. The van der Waals surface area contributed by atoms with Gasteiger partial charge in [0, 0.05) is 25.2 Å². The molecule has 0 unspecified atom stereocenters. The van der Waals surface area contributed by atoms with Gasteiger partial charge in [-0.25, -0.2) is 0 Å². The third-order valence-corrected chi connectivity index (χ3v) is 9.38. The summed E-state index contributed by atoms with van der Waals surface area (Å²) in [6.07, 6.45) is 9.83. The van der Waals surface area contributed by atoms with Gasteiger partial charge in [0.2, 0.25) is 0 Å². The molecule has 3 nitrogen and oxygen atoms in total. The lowest BCUT2D eigenvalue weighted by Gasteiger charge is -2.61. The van der Waals surface area contributed by atoms with Crippen molar-refractivity contribution in [2.24, 2.45) is 34.5 Å². The van der Waals surface area contributed by atoms with Crippen molar-refractivity contribution < 1.29 is 14.3 Å². The molecule has 4 saturated carbocycles. The van der Waals surface area contributed by atoms with E-state index in [0.717, 1.165) is 37.5 Å². The molecule has 140 valence electrons. The van der Waals surface area contributed by atoms with Crippen LogP contribution in [0.2, 0.25) is 0 Å². The maximum Gasteiger partial charge on any atom is 0.303 e. The molecule has 0 N–H and O–H groups in total. The zero-order valence-corrected chi connectivity index (χ0v) is 16.4. The maximum atomic E-state index is 12.0. The largest absolute Gasteiger partial charge is 0.459 e. The maximum absolute atomic E-state index is 12.0.